The van der Waals surface area contributed by atoms with Gasteiger partial charge in [-0.15, -0.1) is 6.58 Å². The van der Waals surface area contributed by atoms with Crippen molar-refractivity contribution in [3.05, 3.63) is 47.8 Å². The highest BCUT2D eigenvalue weighted by Crippen LogP contribution is 2.36. The minimum atomic E-state index is 0.571. The van der Waals surface area contributed by atoms with E-state index < -0.39 is 0 Å². The summed E-state index contributed by atoms with van der Waals surface area (Å²) in [6.45, 7) is 9.03. The van der Waals surface area contributed by atoms with Gasteiger partial charge >= 0.3 is 0 Å². The number of nitrogens with zero attached hydrogens (tertiary/aromatic N) is 2. The van der Waals surface area contributed by atoms with Crippen molar-refractivity contribution >= 4 is 0 Å². The standard InChI is InChI=1S/C18H23N3O3/c1-4-5-21-12-15(13(2)20-21)11-19-10-14-8-17-18(9-16(14)22-3)24-7-6-23-17/h4,8-9,12,19H,1,5-7,10-11H2,2-3H3. The molecule has 1 aromatic heterocycles. The summed E-state index contributed by atoms with van der Waals surface area (Å²) in [5.74, 6) is 2.31. The number of hydrogen-bond donors (Lipinski definition) is 1. The maximum absolute atomic E-state index is 5.65. The summed E-state index contributed by atoms with van der Waals surface area (Å²) in [5.41, 5.74) is 3.24. The maximum atomic E-state index is 5.65. The van der Waals surface area contributed by atoms with Crippen molar-refractivity contribution < 1.29 is 14.2 Å². The molecule has 0 atom stereocenters. The van der Waals surface area contributed by atoms with Gasteiger partial charge < -0.3 is 19.5 Å². The van der Waals surface area contributed by atoms with Crippen molar-refractivity contribution in [1.29, 1.82) is 0 Å². The van der Waals surface area contributed by atoms with Crippen LogP contribution in [0.15, 0.2) is 31.0 Å². The van der Waals surface area contributed by atoms with Gasteiger partial charge in [-0.2, -0.15) is 5.10 Å². The number of hydrogen-bond acceptors (Lipinski definition) is 5. The summed E-state index contributed by atoms with van der Waals surface area (Å²) in [4.78, 5) is 0. The molecular formula is C18H23N3O3. The van der Waals surface area contributed by atoms with Gasteiger partial charge in [0.1, 0.15) is 19.0 Å². The normalized spacial score (nSPS) is 12.9. The van der Waals surface area contributed by atoms with Gasteiger partial charge in [0.15, 0.2) is 11.5 Å². The Morgan fingerprint density at radius 1 is 1.25 bits per heavy atom. The lowest BCUT2D eigenvalue weighted by Crippen LogP contribution is -2.17. The van der Waals surface area contributed by atoms with Crippen LogP contribution in [-0.4, -0.2) is 30.1 Å². The summed E-state index contributed by atoms with van der Waals surface area (Å²) in [5, 5.41) is 7.90. The molecule has 0 saturated heterocycles. The maximum Gasteiger partial charge on any atom is 0.165 e. The van der Waals surface area contributed by atoms with Crippen molar-refractivity contribution in [2.45, 2.75) is 26.6 Å². The highest BCUT2D eigenvalue weighted by molar-refractivity contribution is 5.51. The van der Waals surface area contributed by atoms with E-state index in [1.54, 1.807) is 7.11 Å². The number of rotatable bonds is 7. The largest absolute Gasteiger partial charge is 0.496 e. The summed E-state index contributed by atoms with van der Waals surface area (Å²) in [7, 11) is 1.67. The molecule has 6 nitrogen and oxygen atoms in total. The average molecular weight is 329 g/mol. The summed E-state index contributed by atoms with van der Waals surface area (Å²) in [6, 6.07) is 3.87. The van der Waals surface area contributed by atoms with E-state index >= 15 is 0 Å². The number of nitrogens with one attached hydrogen (secondary N) is 1. The van der Waals surface area contributed by atoms with Crippen LogP contribution in [0.25, 0.3) is 0 Å². The average Bonchev–Trinajstić information content (AvgIpc) is 2.94. The molecule has 2 heterocycles. The lowest BCUT2D eigenvalue weighted by atomic mass is 10.1. The quantitative estimate of drug-likeness (QED) is 0.791. The van der Waals surface area contributed by atoms with Crippen molar-refractivity contribution in [2.75, 3.05) is 20.3 Å². The van der Waals surface area contributed by atoms with E-state index in [1.807, 2.05) is 36.0 Å². The number of aryl methyl sites for hydroxylation is 1. The van der Waals surface area contributed by atoms with Crippen molar-refractivity contribution in [3.8, 4) is 17.2 Å². The molecule has 0 unspecified atom stereocenters. The van der Waals surface area contributed by atoms with E-state index in [0.29, 0.717) is 19.8 Å². The molecule has 0 saturated carbocycles. The van der Waals surface area contributed by atoms with Crippen LogP contribution in [0.1, 0.15) is 16.8 Å². The number of ether oxygens (including phenoxy) is 3. The summed E-state index contributed by atoms with van der Waals surface area (Å²) in [6.07, 6.45) is 3.88. The Kier molecular flexibility index (Phi) is 5.05. The van der Waals surface area contributed by atoms with Gasteiger partial charge in [-0.1, -0.05) is 6.08 Å². The molecular weight excluding hydrogens is 306 g/mol. The zero-order chi connectivity index (χ0) is 16.9. The third-order valence-corrected chi connectivity index (χ3v) is 3.94. The first-order chi connectivity index (χ1) is 11.7. The van der Waals surface area contributed by atoms with Gasteiger partial charge in [0.05, 0.1) is 19.3 Å². The van der Waals surface area contributed by atoms with E-state index in [0.717, 1.165) is 41.6 Å². The van der Waals surface area contributed by atoms with Gasteiger partial charge in [-0.05, 0) is 13.0 Å². The SMILES string of the molecule is C=CCn1cc(CNCc2cc3c(cc2OC)OCCO3)c(C)n1. The van der Waals surface area contributed by atoms with Gasteiger partial charge in [0.2, 0.25) is 0 Å². The molecule has 1 aliphatic rings. The smallest absolute Gasteiger partial charge is 0.165 e. The zero-order valence-corrected chi connectivity index (χ0v) is 14.2. The predicted molar refractivity (Wildman–Crippen MR) is 91.7 cm³/mol. The lowest BCUT2D eigenvalue weighted by molar-refractivity contribution is 0.170. The molecule has 1 N–H and O–H groups in total. The molecule has 2 aromatic rings. The second-order valence-electron chi connectivity index (χ2n) is 5.66. The van der Waals surface area contributed by atoms with Crippen molar-refractivity contribution in [3.63, 3.8) is 0 Å². The van der Waals surface area contributed by atoms with E-state index in [9.17, 15) is 0 Å². The third-order valence-electron chi connectivity index (χ3n) is 3.94. The Labute approximate surface area is 142 Å². The Morgan fingerprint density at radius 3 is 2.67 bits per heavy atom. The van der Waals surface area contributed by atoms with Crippen LogP contribution >= 0.6 is 0 Å². The van der Waals surface area contributed by atoms with Crippen LogP contribution in [0.4, 0.5) is 0 Å². The van der Waals surface area contributed by atoms with Crippen LogP contribution in [-0.2, 0) is 19.6 Å². The Bertz CT molecular complexity index is 725. The van der Waals surface area contributed by atoms with Crippen LogP contribution in [0.2, 0.25) is 0 Å². The van der Waals surface area contributed by atoms with E-state index in [4.69, 9.17) is 14.2 Å². The van der Waals surface area contributed by atoms with E-state index in [-0.39, 0.29) is 0 Å². The second kappa shape index (κ2) is 7.40. The second-order valence-corrected chi connectivity index (χ2v) is 5.66. The molecule has 0 spiro atoms. The van der Waals surface area contributed by atoms with E-state index in [1.165, 1.54) is 5.56 Å². The molecule has 24 heavy (non-hydrogen) atoms. The fourth-order valence-corrected chi connectivity index (χ4v) is 2.73. The number of benzene rings is 1. The molecule has 3 rings (SSSR count). The number of aromatic nitrogens is 2. The van der Waals surface area contributed by atoms with Crippen LogP contribution in [0, 0.1) is 6.92 Å². The Balaban J connectivity index is 1.67. The Hall–Kier alpha value is -2.47. The van der Waals surface area contributed by atoms with Crippen LogP contribution in [0.5, 0.6) is 17.2 Å². The van der Waals surface area contributed by atoms with Crippen LogP contribution in [0.3, 0.4) is 0 Å². The lowest BCUT2D eigenvalue weighted by Gasteiger charge is -2.20. The summed E-state index contributed by atoms with van der Waals surface area (Å²) < 4.78 is 18.6. The molecule has 1 aromatic carbocycles. The molecule has 6 heteroatoms. The van der Waals surface area contributed by atoms with E-state index in [2.05, 4.69) is 17.0 Å². The first-order valence-corrected chi connectivity index (χ1v) is 8.02. The molecule has 0 radical (unpaired) electrons. The van der Waals surface area contributed by atoms with Gasteiger partial charge in [0.25, 0.3) is 0 Å². The zero-order valence-electron chi connectivity index (χ0n) is 14.2. The molecule has 0 amide bonds. The third kappa shape index (κ3) is 3.54. The first-order valence-electron chi connectivity index (χ1n) is 8.02. The van der Waals surface area contributed by atoms with Crippen molar-refractivity contribution in [1.82, 2.24) is 15.1 Å². The number of allylic oxidation sites excluding steroid dienone is 1. The fraction of sp³-hybridized carbons (Fsp3) is 0.389. The summed E-state index contributed by atoms with van der Waals surface area (Å²) >= 11 is 0. The van der Waals surface area contributed by atoms with Crippen molar-refractivity contribution in [2.24, 2.45) is 0 Å². The molecule has 0 fully saturated rings. The minimum Gasteiger partial charge on any atom is -0.496 e. The fourth-order valence-electron chi connectivity index (χ4n) is 2.73. The highest BCUT2D eigenvalue weighted by atomic mass is 16.6. The minimum absolute atomic E-state index is 0.571. The van der Waals surface area contributed by atoms with Crippen LogP contribution < -0.4 is 19.5 Å². The molecule has 0 aliphatic carbocycles. The van der Waals surface area contributed by atoms with Gasteiger partial charge in [-0.3, -0.25) is 4.68 Å². The number of methoxy groups -OCH3 is 1. The molecule has 128 valence electrons. The molecule has 0 bridgehead atoms. The number of fused-ring (bicyclic) bond motifs is 1. The highest BCUT2D eigenvalue weighted by Gasteiger charge is 2.16. The van der Waals surface area contributed by atoms with Gasteiger partial charge in [-0.25, -0.2) is 0 Å². The first kappa shape index (κ1) is 16.4. The molecule has 1 aliphatic heterocycles. The topological polar surface area (TPSA) is 57.5 Å². The monoisotopic (exact) mass is 329 g/mol. The Morgan fingerprint density at radius 2 is 1.96 bits per heavy atom. The predicted octanol–water partition coefficient (Wildman–Crippen LogP) is 2.45. The van der Waals surface area contributed by atoms with Gasteiger partial charge in [0, 0.05) is 36.5 Å².